The van der Waals surface area contributed by atoms with E-state index in [4.69, 9.17) is 0 Å². The molecule has 1 atom stereocenters. The van der Waals surface area contributed by atoms with Crippen LogP contribution in [0.25, 0.3) is 0 Å². The number of anilines is 2. The highest BCUT2D eigenvalue weighted by atomic mass is 32.1. The summed E-state index contributed by atoms with van der Waals surface area (Å²) in [6.45, 7) is 7.78. The SMILES string of the molecule is CCNc1cc(NCC(C)c2nccs2)nc(C)n1. The van der Waals surface area contributed by atoms with Crippen LogP contribution in [0.3, 0.4) is 0 Å². The smallest absolute Gasteiger partial charge is 0.131 e. The van der Waals surface area contributed by atoms with Crippen LogP contribution in [0, 0.1) is 6.92 Å². The third-order valence-corrected chi connectivity index (χ3v) is 3.67. The lowest BCUT2D eigenvalue weighted by Gasteiger charge is -2.12. The molecule has 2 aromatic rings. The highest BCUT2D eigenvalue weighted by Gasteiger charge is 2.08. The van der Waals surface area contributed by atoms with E-state index in [9.17, 15) is 0 Å². The number of hydrogen-bond donors (Lipinski definition) is 2. The van der Waals surface area contributed by atoms with E-state index in [1.807, 2.05) is 24.6 Å². The molecule has 2 aromatic heterocycles. The molecule has 19 heavy (non-hydrogen) atoms. The second kappa shape index (κ2) is 6.47. The van der Waals surface area contributed by atoms with Crippen molar-refractivity contribution in [1.82, 2.24) is 15.0 Å². The van der Waals surface area contributed by atoms with Crippen LogP contribution in [0.4, 0.5) is 11.6 Å². The number of aromatic nitrogens is 3. The average Bonchev–Trinajstić information content (AvgIpc) is 2.89. The second-order valence-electron chi connectivity index (χ2n) is 4.37. The maximum Gasteiger partial charge on any atom is 0.131 e. The fraction of sp³-hybridized carbons (Fsp3) is 0.462. The molecule has 5 nitrogen and oxygen atoms in total. The van der Waals surface area contributed by atoms with Gasteiger partial charge < -0.3 is 10.6 Å². The molecule has 0 saturated carbocycles. The lowest BCUT2D eigenvalue weighted by Crippen LogP contribution is -2.12. The highest BCUT2D eigenvalue weighted by Crippen LogP contribution is 2.18. The van der Waals surface area contributed by atoms with Crippen molar-refractivity contribution in [2.24, 2.45) is 0 Å². The first-order chi connectivity index (χ1) is 9.19. The largest absolute Gasteiger partial charge is 0.370 e. The third kappa shape index (κ3) is 3.89. The molecule has 0 fully saturated rings. The molecule has 0 aromatic carbocycles. The summed E-state index contributed by atoms with van der Waals surface area (Å²) in [6, 6.07) is 1.94. The molecule has 0 aliphatic heterocycles. The molecule has 0 bridgehead atoms. The molecule has 0 amide bonds. The minimum absolute atomic E-state index is 0.373. The fourth-order valence-corrected chi connectivity index (χ4v) is 2.45. The van der Waals surface area contributed by atoms with Crippen molar-refractivity contribution in [3.63, 3.8) is 0 Å². The standard InChI is InChI=1S/C13H19N5S/c1-4-14-11-7-12(18-10(3)17-11)16-8-9(2)13-15-5-6-19-13/h5-7,9H,4,8H2,1-3H3,(H2,14,16,17,18). The van der Waals surface area contributed by atoms with Crippen LogP contribution in [-0.4, -0.2) is 28.0 Å². The summed E-state index contributed by atoms with van der Waals surface area (Å²) in [7, 11) is 0. The Morgan fingerprint density at radius 1 is 1.26 bits per heavy atom. The molecule has 0 aliphatic rings. The molecule has 0 spiro atoms. The van der Waals surface area contributed by atoms with Gasteiger partial charge >= 0.3 is 0 Å². The zero-order chi connectivity index (χ0) is 13.7. The topological polar surface area (TPSA) is 62.7 Å². The van der Waals surface area contributed by atoms with Crippen molar-refractivity contribution < 1.29 is 0 Å². The van der Waals surface area contributed by atoms with Gasteiger partial charge in [0, 0.05) is 36.7 Å². The Hall–Kier alpha value is -1.69. The first-order valence-electron chi connectivity index (χ1n) is 6.42. The number of rotatable bonds is 6. The molecule has 2 heterocycles. The summed E-state index contributed by atoms with van der Waals surface area (Å²) in [4.78, 5) is 13.0. The van der Waals surface area contributed by atoms with Gasteiger partial charge in [0.15, 0.2) is 0 Å². The average molecular weight is 277 g/mol. The van der Waals surface area contributed by atoms with Gasteiger partial charge in [-0.05, 0) is 13.8 Å². The summed E-state index contributed by atoms with van der Waals surface area (Å²) in [5.41, 5.74) is 0. The van der Waals surface area contributed by atoms with Crippen LogP contribution in [0.15, 0.2) is 17.6 Å². The molecular weight excluding hydrogens is 258 g/mol. The van der Waals surface area contributed by atoms with Gasteiger partial charge in [0.05, 0.1) is 5.01 Å². The van der Waals surface area contributed by atoms with Gasteiger partial charge in [-0.2, -0.15) is 0 Å². The van der Waals surface area contributed by atoms with Crippen LogP contribution in [0.5, 0.6) is 0 Å². The van der Waals surface area contributed by atoms with E-state index < -0.39 is 0 Å². The third-order valence-electron chi connectivity index (χ3n) is 2.66. The van der Waals surface area contributed by atoms with E-state index in [0.29, 0.717) is 5.92 Å². The summed E-state index contributed by atoms with van der Waals surface area (Å²) >= 11 is 1.68. The quantitative estimate of drug-likeness (QED) is 0.850. The van der Waals surface area contributed by atoms with Crippen molar-refractivity contribution in [3.05, 3.63) is 28.5 Å². The van der Waals surface area contributed by atoms with Crippen molar-refractivity contribution in [2.75, 3.05) is 23.7 Å². The summed E-state index contributed by atoms with van der Waals surface area (Å²) < 4.78 is 0. The van der Waals surface area contributed by atoms with E-state index in [1.54, 1.807) is 11.3 Å². The fourth-order valence-electron chi connectivity index (χ4n) is 1.75. The van der Waals surface area contributed by atoms with Crippen LogP contribution < -0.4 is 10.6 Å². The maximum atomic E-state index is 4.39. The van der Waals surface area contributed by atoms with Gasteiger partial charge in [0.1, 0.15) is 17.5 Å². The predicted octanol–water partition coefficient (Wildman–Crippen LogP) is 2.89. The van der Waals surface area contributed by atoms with Crippen LogP contribution in [-0.2, 0) is 0 Å². The first kappa shape index (κ1) is 13.7. The molecule has 0 radical (unpaired) electrons. The lowest BCUT2D eigenvalue weighted by molar-refractivity contribution is 0.790. The van der Waals surface area contributed by atoms with E-state index in [2.05, 4.69) is 39.4 Å². The van der Waals surface area contributed by atoms with Gasteiger partial charge in [-0.25, -0.2) is 15.0 Å². The Kier molecular flexibility index (Phi) is 4.68. The van der Waals surface area contributed by atoms with Crippen LogP contribution in [0.2, 0.25) is 0 Å². The normalized spacial score (nSPS) is 12.2. The van der Waals surface area contributed by atoms with Crippen molar-refractivity contribution in [2.45, 2.75) is 26.7 Å². The molecule has 6 heteroatoms. The Bertz CT molecular complexity index is 512. The molecule has 1 unspecified atom stereocenters. The summed E-state index contributed by atoms with van der Waals surface area (Å²) in [5.74, 6) is 2.85. The minimum Gasteiger partial charge on any atom is -0.370 e. The molecule has 0 aliphatic carbocycles. The van der Waals surface area contributed by atoms with E-state index in [1.165, 1.54) is 0 Å². The lowest BCUT2D eigenvalue weighted by atomic mass is 10.2. The Balaban J connectivity index is 1.99. The number of nitrogens with one attached hydrogen (secondary N) is 2. The monoisotopic (exact) mass is 277 g/mol. The van der Waals surface area contributed by atoms with Gasteiger partial charge in [-0.1, -0.05) is 6.92 Å². The molecule has 0 saturated heterocycles. The van der Waals surface area contributed by atoms with Gasteiger partial charge in [0.25, 0.3) is 0 Å². The highest BCUT2D eigenvalue weighted by molar-refractivity contribution is 7.09. The number of nitrogens with zero attached hydrogens (tertiary/aromatic N) is 3. The minimum atomic E-state index is 0.373. The number of thiazole rings is 1. The zero-order valence-electron chi connectivity index (χ0n) is 11.5. The zero-order valence-corrected chi connectivity index (χ0v) is 12.3. The van der Waals surface area contributed by atoms with E-state index in [0.717, 1.165) is 35.6 Å². The Morgan fingerprint density at radius 3 is 2.63 bits per heavy atom. The van der Waals surface area contributed by atoms with Gasteiger partial charge in [0.2, 0.25) is 0 Å². The summed E-state index contributed by atoms with van der Waals surface area (Å²) in [5, 5.41) is 9.70. The van der Waals surface area contributed by atoms with Crippen molar-refractivity contribution in [3.8, 4) is 0 Å². The first-order valence-corrected chi connectivity index (χ1v) is 7.29. The van der Waals surface area contributed by atoms with E-state index >= 15 is 0 Å². The predicted molar refractivity (Wildman–Crippen MR) is 80.0 cm³/mol. The second-order valence-corrected chi connectivity index (χ2v) is 5.29. The maximum absolute atomic E-state index is 4.39. The Labute approximate surface area is 117 Å². The van der Waals surface area contributed by atoms with Crippen molar-refractivity contribution in [1.29, 1.82) is 0 Å². The van der Waals surface area contributed by atoms with Crippen LogP contribution in [0.1, 0.15) is 30.6 Å². The summed E-state index contributed by atoms with van der Waals surface area (Å²) in [6.07, 6.45) is 1.84. The van der Waals surface area contributed by atoms with E-state index in [-0.39, 0.29) is 0 Å². The Morgan fingerprint density at radius 2 is 2.00 bits per heavy atom. The molecule has 102 valence electrons. The van der Waals surface area contributed by atoms with Crippen molar-refractivity contribution >= 4 is 23.0 Å². The van der Waals surface area contributed by atoms with Gasteiger partial charge in [-0.15, -0.1) is 11.3 Å². The molecule has 2 rings (SSSR count). The number of hydrogen-bond acceptors (Lipinski definition) is 6. The molecular formula is C13H19N5S. The molecule has 2 N–H and O–H groups in total. The number of aryl methyl sites for hydroxylation is 1. The van der Waals surface area contributed by atoms with Crippen LogP contribution >= 0.6 is 11.3 Å². The van der Waals surface area contributed by atoms with Gasteiger partial charge in [-0.3, -0.25) is 0 Å².